The van der Waals surface area contributed by atoms with Gasteiger partial charge >= 0.3 is 0 Å². The van der Waals surface area contributed by atoms with Crippen LogP contribution in [0.25, 0.3) is 23.2 Å². The number of aromatic nitrogens is 4. The molecule has 0 unspecified atom stereocenters. The summed E-state index contributed by atoms with van der Waals surface area (Å²) in [6.45, 7) is 6.95. The topological polar surface area (TPSA) is 46.5 Å². The number of aryl methyl sites for hydroxylation is 3. The number of benzene rings is 2. The molecule has 2 heterocycles. The average molecular weight is 377 g/mol. The van der Waals surface area contributed by atoms with Crippen LogP contribution in [0.4, 0.5) is 0 Å². The largest absolute Gasteiger partial charge is 0.345 e. The molecule has 27 heavy (non-hydrogen) atoms. The number of nitrogens with zero attached hydrogens (tertiary/aromatic N) is 3. The summed E-state index contributed by atoms with van der Waals surface area (Å²) in [5.74, 6) is 1.73. The minimum Gasteiger partial charge on any atom is -0.345 e. The summed E-state index contributed by atoms with van der Waals surface area (Å²) in [6, 6.07) is 12.3. The summed E-state index contributed by atoms with van der Waals surface area (Å²) >= 11 is 6.04. The van der Waals surface area contributed by atoms with Gasteiger partial charge in [0.25, 0.3) is 0 Å². The van der Waals surface area contributed by atoms with E-state index in [1.165, 1.54) is 16.7 Å². The summed E-state index contributed by atoms with van der Waals surface area (Å²) in [7, 11) is 0. The molecule has 4 nitrogen and oxygen atoms in total. The Morgan fingerprint density at radius 3 is 2.44 bits per heavy atom. The molecule has 0 aliphatic carbocycles. The number of imidazole rings is 2. The second-order valence-electron chi connectivity index (χ2n) is 6.87. The van der Waals surface area contributed by atoms with Crippen molar-refractivity contribution in [2.24, 2.45) is 0 Å². The van der Waals surface area contributed by atoms with Crippen LogP contribution < -0.4 is 0 Å². The van der Waals surface area contributed by atoms with Crippen LogP contribution in [0.2, 0.25) is 5.02 Å². The number of rotatable bonds is 4. The third-order valence-corrected chi connectivity index (χ3v) is 5.02. The van der Waals surface area contributed by atoms with Crippen molar-refractivity contribution in [1.82, 2.24) is 19.5 Å². The fourth-order valence-electron chi connectivity index (χ4n) is 3.14. The van der Waals surface area contributed by atoms with E-state index in [9.17, 15) is 0 Å². The third-order valence-electron chi connectivity index (χ3n) is 4.76. The highest BCUT2D eigenvalue weighted by atomic mass is 35.5. The van der Waals surface area contributed by atoms with Crippen LogP contribution in [0.1, 0.15) is 34.0 Å². The second-order valence-corrected chi connectivity index (χ2v) is 7.30. The Kier molecular flexibility index (Phi) is 4.58. The first kappa shape index (κ1) is 17.6. The molecule has 0 spiro atoms. The highest BCUT2D eigenvalue weighted by Crippen LogP contribution is 2.23. The molecule has 0 saturated carbocycles. The van der Waals surface area contributed by atoms with Gasteiger partial charge in [0, 0.05) is 17.8 Å². The van der Waals surface area contributed by atoms with Crippen molar-refractivity contribution < 1.29 is 0 Å². The van der Waals surface area contributed by atoms with Gasteiger partial charge < -0.3 is 9.55 Å². The molecule has 1 N–H and O–H groups in total. The Morgan fingerprint density at radius 1 is 1.00 bits per heavy atom. The molecule has 0 amide bonds. The lowest BCUT2D eigenvalue weighted by Gasteiger charge is -2.09. The summed E-state index contributed by atoms with van der Waals surface area (Å²) in [4.78, 5) is 12.4. The number of aromatic amines is 1. The zero-order valence-corrected chi connectivity index (χ0v) is 16.4. The van der Waals surface area contributed by atoms with Gasteiger partial charge in [-0.25, -0.2) is 9.97 Å². The van der Waals surface area contributed by atoms with Crippen LogP contribution >= 0.6 is 11.6 Å². The van der Waals surface area contributed by atoms with Crippen molar-refractivity contribution in [2.75, 3.05) is 0 Å². The minimum absolute atomic E-state index is 0.729. The van der Waals surface area contributed by atoms with E-state index in [1.807, 2.05) is 37.4 Å². The minimum atomic E-state index is 0.729. The molecule has 136 valence electrons. The van der Waals surface area contributed by atoms with Crippen molar-refractivity contribution in [2.45, 2.75) is 27.3 Å². The van der Waals surface area contributed by atoms with Gasteiger partial charge in [-0.05, 0) is 73.9 Å². The SMILES string of the molecule is Cc1c[nH]c(/C=C/c2nc3cc(C)c(C)cc3n2Cc2ccc(Cl)cc2)n1. The standard InChI is InChI=1S/C22H21ClN4/c1-14-10-19-20(11-15(14)2)27(13-17-4-6-18(23)7-5-17)22(26-19)9-8-21-24-12-16(3)25-21/h4-12H,13H2,1-3H3,(H,24,25)/b9-8+. The van der Waals surface area contributed by atoms with Crippen LogP contribution in [0, 0.1) is 20.8 Å². The Morgan fingerprint density at radius 2 is 1.74 bits per heavy atom. The molecule has 2 aromatic heterocycles. The van der Waals surface area contributed by atoms with E-state index < -0.39 is 0 Å². The van der Waals surface area contributed by atoms with E-state index in [2.05, 4.69) is 52.6 Å². The zero-order chi connectivity index (χ0) is 19.0. The summed E-state index contributed by atoms with van der Waals surface area (Å²) < 4.78 is 2.23. The van der Waals surface area contributed by atoms with Gasteiger partial charge in [-0.1, -0.05) is 23.7 Å². The highest BCUT2D eigenvalue weighted by Gasteiger charge is 2.11. The van der Waals surface area contributed by atoms with Gasteiger partial charge in [0.15, 0.2) is 0 Å². The maximum absolute atomic E-state index is 6.04. The number of hydrogen-bond donors (Lipinski definition) is 1. The fourth-order valence-corrected chi connectivity index (χ4v) is 3.26. The summed E-state index contributed by atoms with van der Waals surface area (Å²) in [5.41, 5.74) is 6.79. The predicted octanol–water partition coefficient (Wildman–Crippen LogP) is 5.56. The summed E-state index contributed by atoms with van der Waals surface area (Å²) in [6.07, 6.45) is 5.87. The van der Waals surface area contributed by atoms with Crippen molar-refractivity contribution in [3.05, 3.63) is 81.7 Å². The van der Waals surface area contributed by atoms with E-state index in [0.29, 0.717) is 0 Å². The molecule has 0 bridgehead atoms. The molecule has 0 radical (unpaired) electrons. The van der Waals surface area contributed by atoms with Gasteiger partial charge in [0.2, 0.25) is 0 Å². The van der Waals surface area contributed by atoms with Crippen molar-refractivity contribution in [1.29, 1.82) is 0 Å². The van der Waals surface area contributed by atoms with Gasteiger partial charge in [-0.2, -0.15) is 0 Å². The first-order chi connectivity index (χ1) is 13.0. The molecule has 2 aromatic carbocycles. The fraction of sp³-hybridized carbons (Fsp3) is 0.182. The van der Waals surface area contributed by atoms with Crippen LogP contribution in [0.5, 0.6) is 0 Å². The number of halogens is 1. The number of hydrogen-bond acceptors (Lipinski definition) is 2. The van der Waals surface area contributed by atoms with Crippen LogP contribution in [-0.4, -0.2) is 19.5 Å². The van der Waals surface area contributed by atoms with Crippen molar-refractivity contribution in [3.8, 4) is 0 Å². The van der Waals surface area contributed by atoms with Gasteiger partial charge in [-0.3, -0.25) is 0 Å². The maximum Gasteiger partial charge on any atom is 0.134 e. The quantitative estimate of drug-likeness (QED) is 0.507. The molecule has 0 aliphatic heterocycles. The number of nitrogens with one attached hydrogen (secondary N) is 1. The van der Waals surface area contributed by atoms with Gasteiger partial charge in [0.05, 0.1) is 16.7 Å². The van der Waals surface area contributed by atoms with Crippen molar-refractivity contribution >= 4 is 34.8 Å². The molecule has 0 atom stereocenters. The molecule has 0 aliphatic rings. The van der Waals surface area contributed by atoms with E-state index in [1.54, 1.807) is 0 Å². The molecular weight excluding hydrogens is 356 g/mol. The van der Waals surface area contributed by atoms with Gasteiger partial charge in [-0.15, -0.1) is 0 Å². The zero-order valence-electron chi connectivity index (χ0n) is 15.6. The smallest absolute Gasteiger partial charge is 0.134 e. The van der Waals surface area contributed by atoms with E-state index in [-0.39, 0.29) is 0 Å². The molecule has 0 fully saturated rings. The van der Waals surface area contributed by atoms with Crippen LogP contribution in [0.3, 0.4) is 0 Å². The van der Waals surface area contributed by atoms with Gasteiger partial charge in [0.1, 0.15) is 11.6 Å². The van der Waals surface area contributed by atoms with E-state index >= 15 is 0 Å². The Hall–Kier alpha value is -2.85. The van der Waals surface area contributed by atoms with Crippen LogP contribution in [-0.2, 0) is 6.54 Å². The lowest BCUT2D eigenvalue weighted by Crippen LogP contribution is -2.02. The molecular formula is C22H21ClN4. The lowest BCUT2D eigenvalue weighted by atomic mass is 10.1. The monoisotopic (exact) mass is 376 g/mol. The van der Waals surface area contributed by atoms with Crippen molar-refractivity contribution in [3.63, 3.8) is 0 Å². The van der Waals surface area contributed by atoms with E-state index in [4.69, 9.17) is 16.6 Å². The highest BCUT2D eigenvalue weighted by molar-refractivity contribution is 6.30. The second kappa shape index (κ2) is 7.05. The first-order valence-electron chi connectivity index (χ1n) is 8.91. The first-order valence-corrected chi connectivity index (χ1v) is 9.29. The summed E-state index contributed by atoms with van der Waals surface area (Å²) in [5, 5.41) is 0.744. The lowest BCUT2D eigenvalue weighted by molar-refractivity contribution is 0.813. The molecule has 4 rings (SSSR count). The predicted molar refractivity (Wildman–Crippen MR) is 112 cm³/mol. The maximum atomic E-state index is 6.04. The normalized spacial score (nSPS) is 11.7. The Balaban J connectivity index is 1.80. The number of H-pyrrole nitrogens is 1. The Labute approximate surface area is 163 Å². The molecule has 0 saturated heterocycles. The van der Waals surface area contributed by atoms with Crippen LogP contribution in [0.15, 0.2) is 42.6 Å². The molecule has 4 aromatic rings. The van der Waals surface area contributed by atoms with E-state index in [0.717, 1.165) is 39.9 Å². The molecule has 5 heteroatoms. The third kappa shape index (κ3) is 3.67. The number of fused-ring (bicyclic) bond motifs is 1. The average Bonchev–Trinajstić information content (AvgIpc) is 3.19. The Bertz CT molecular complexity index is 1130.